The van der Waals surface area contributed by atoms with E-state index < -0.39 is 17.7 Å². The monoisotopic (exact) mass is 506 g/mol. The Labute approximate surface area is 214 Å². The molecule has 7 nitrogen and oxygen atoms in total. The van der Waals surface area contributed by atoms with E-state index in [0.29, 0.717) is 23.5 Å². The fourth-order valence-electron chi connectivity index (χ4n) is 4.33. The number of carbonyl (C=O) groups is 2. The highest BCUT2D eigenvalue weighted by Crippen LogP contribution is 2.45. The molecule has 186 valence electrons. The Kier molecular flexibility index (Phi) is 6.78. The number of pyridine rings is 1. The number of halogens is 1. The van der Waals surface area contributed by atoms with Gasteiger partial charge in [-0.3, -0.25) is 19.5 Å². The number of nitrogens with zero attached hydrogens (tertiary/aromatic N) is 2. The van der Waals surface area contributed by atoms with E-state index in [2.05, 4.69) is 4.98 Å². The Bertz CT molecular complexity index is 1360. The molecule has 0 aliphatic carbocycles. The second-order valence-electron chi connectivity index (χ2n) is 9.48. The average molecular weight is 507 g/mol. The number of Topliss-reactive ketones (excluding diaryl/α,β-unsaturated/α-hetero) is 1. The van der Waals surface area contributed by atoms with E-state index >= 15 is 0 Å². The molecule has 1 atom stereocenters. The Hall–Kier alpha value is -3.84. The summed E-state index contributed by atoms with van der Waals surface area (Å²) in [5, 5.41) is 22.3. The first kappa shape index (κ1) is 25.3. The van der Waals surface area contributed by atoms with Crippen molar-refractivity contribution in [1.29, 1.82) is 0 Å². The zero-order valence-corrected chi connectivity index (χ0v) is 21.2. The minimum absolute atomic E-state index is 0.0625. The van der Waals surface area contributed by atoms with E-state index in [1.165, 1.54) is 30.6 Å². The lowest BCUT2D eigenvalue weighted by Gasteiger charge is -2.26. The van der Waals surface area contributed by atoms with Gasteiger partial charge in [0, 0.05) is 28.5 Å². The van der Waals surface area contributed by atoms with Crippen molar-refractivity contribution in [3.63, 3.8) is 0 Å². The maximum absolute atomic E-state index is 13.4. The minimum Gasteiger partial charge on any atom is -0.507 e. The number of ether oxygens (including phenoxy) is 1. The van der Waals surface area contributed by atoms with E-state index in [1.54, 1.807) is 30.3 Å². The van der Waals surface area contributed by atoms with Gasteiger partial charge in [-0.1, -0.05) is 32.4 Å². The van der Waals surface area contributed by atoms with Crippen molar-refractivity contribution in [3.8, 4) is 11.5 Å². The van der Waals surface area contributed by atoms with E-state index in [4.69, 9.17) is 16.3 Å². The van der Waals surface area contributed by atoms with Crippen molar-refractivity contribution < 1.29 is 24.5 Å². The second-order valence-corrected chi connectivity index (χ2v) is 9.91. The van der Waals surface area contributed by atoms with Crippen LogP contribution < -0.4 is 9.64 Å². The zero-order chi connectivity index (χ0) is 26.2. The van der Waals surface area contributed by atoms with Gasteiger partial charge in [0.1, 0.15) is 17.3 Å². The van der Waals surface area contributed by atoms with Crippen LogP contribution >= 0.6 is 11.6 Å². The van der Waals surface area contributed by atoms with Gasteiger partial charge in [-0.2, -0.15) is 0 Å². The minimum atomic E-state index is -1.01. The quantitative estimate of drug-likeness (QED) is 0.259. The van der Waals surface area contributed by atoms with Crippen LogP contribution in [-0.4, -0.2) is 33.5 Å². The summed E-state index contributed by atoms with van der Waals surface area (Å²) >= 11 is 6.15. The fraction of sp³-hybridized carbons (Fsp3) is 0.250. The van der Waals surface area contributed by atoms with Crippen LogP contribution in [0.25, 0.3) is 5.76 Å². The normalized spacial score (nSPS) is 17.5. The number of benzene rings is 2. The SMILES string of the molecule is CCOc1ccc(/C(O)=C2/C(=O)C(=O)N(c3cc(Cl)ccc3O)C2c2ccncc2)cc1C(C)(C)C. The highest BCUT2D eigenvalue weighted by atomic mass is 35.5. The zero-order valence-electron chi connectivity index (χ0n) is 20.4. The highest BCUT2D eigenvalue weighted by molar-refractivity contribution is 6.52. The van der Waals surface area contributed by atoms with Crippen LogP contribution in [-0.2, 0) is 15.0 Å². The van der Waals surface area contributed by atoms with Gasteiger partial charge in [0.25, 0.3) is 11.7 Å². The molecule has 0 radical (unpaired) electrons. The van der Waals surface area contributed by atoms with Crippen LogP contribution in [0.5, 0.6) is 11.5 Å². The van der Waals surface area contributed by atoms with Crippen LogP contribution in [0.4, 0.5) is 5.69 Å². The second kappa shape index (κ2) is 9.66. The molecule has 1 fully saturated rings. The molecule has 2 heterocycles. The average Bonchev–Trinajstić information content (AvgIpc) is 3.11. The van der Waals surface area contributed by atoms with Crippen LogP contribution in [0.15, 0.2) is 66.5 Å². The molecular formula is C28H27ClN2O5. The maximum Gasteiger partial charge on any atom is 0.300 e. The van der Waals surface area contributed by atoms with Gasteiger partial charge < -0.3 is 14.9 Å². The van der Waals surface area contributed by atoms with Crippen molar-refractivity contribution in [2.24, 2.45) is 0 Å². The summed E-state index contributed by atoms with van der Waals surface area (Å²) in [5.41, 5.74) is 1.39. The van der Waals surface area contributed by atoms with Crippen LogP contribution in [0.1, 0.15) is 50.4 Å². The lowest BCUT2D eigenvalue weighted by atomic mass is 9.84. The molecule has 8 heteroatoms. The van der Waals surface area contributed by atoms with Crippen molar-refractivity contribution >= 4 is 34.7 Å². The maximum atomic E-state index is 13.4. The lowest BCUT2D eigenvalue weighted by molar-refractivity contribution is -0.132. The Balaban J connectivity index is 1.96. The molecule has 1 aromatic heterocycles. The number of aromatic hydroxyl groups is 1. The van der Waals surface area contributed by atoms with Gasteiger partial charge >= 0.3 is 0 Å². The van der Waals surface area contributed by atoms with Crippen molar-refractivity contribution in [1.82, 2.24) is 4.98 Å². The molecular weight excluding hydrogens is 480 g/mol. The van der Waals surface area contributed by atoms with E-state index in [1.807, 2.05) is 27.7 Å². The van der Waals surface area contributed by atoms with Crippen LogP contribution in [0, 0.1) is 0 Å². The molecule has 1 aliphatic rings. The number of amides is 1. The number of aromatic nitrogens is 1. The highest BCUT2D eigenvalue weighted by Gasteiger charge is 2.47. The molecule has 0 saturated carbocycles. The van der Waals surface area contributed by atoms with Crippen LogP contribution in [0.2, 0.25) is 5.02 Å². The number of carbonyl (C=O) groups excluding carboxylic acids is 2. The number of rotatable bonds is 5. The third-order valence-corrected chi connectivity index (χ3v) is 6.26. The van der Waals surface area contributed by atoms with E-state index in [9.17, 15) is 19.8 Å². The first-order chi connectivity index (χ1) is 17.0. The van der Waals surface area contributed by atoms with Gasteiger partial charge in [-0.15, -0.1) is 0 Å². The predicted octanol–water partition coefficient (Wildman–Crippen LogP) is 5.76. The molecule has 1 saturated heterocycles. The molecule has 1 amide bonds. The number of aliphatic hydroxyl groups is 1. The summed E-state index contributed by atoms with van der Waals surface area (Å²) in [6.45, 7) is 8.43. The third kappa shape index (κ3) is 4.54. The Morgan fingerprint density at radius 2 is 1.78 bits per heavy atom. The van der Waals surface area contributed by atoms with Crippen molar-refractivity contribution in [3.05, 3.63) is 88.2 Å². The molecule has 2 N–H and O–H groups in total. The molecule has 3 aromatic rings. The number of phenolic OH excluding ortho intramolecular Hbond substituents is 1. The topological polar surface area (TPSA) is 100.0 Å². The van der Waals surface area contributed by atoms with Gasteiger partial charge in [-0.05, 0) is 66.4 Å². The molecule has 0 spiro atoms. The van der Waals surface area contributed by atoms with E-state index in [0.717, 1.165) is 10.5 Å². The summed E-state index contributed by atoms with van der Waals surface area (Å²) in [6, 6.07) is 11.7. The molecule has 2 aromatic carbocycles. The van der Waals surface area contributed by atoms with Gasteiger partial charge in [0.05, 0.1) is 23.9 Å². The summed E-state index contributed by atoms with van der Waals surface area (Å²) in [5.74, 6) is -1.64. The number of ketones is 1. The van der Waals surface area contributed by atoms with Crippen molar-refractivity contribution in [2.75, 3.05) is 11.5 Å². The smallest absolute Gasteiger partial charge is 0.300 e. The number of hydrogen-bond donors (Lipinski definition) is 2. The molecule has 4 rings (SSSR count). The molecule has 0 bridgehead atoms. The summed E-state index contributed by atoms with van der Waals surface area (Å²) < 4.78 is 5.78. The first-order valence-corrected chi connectivity index (χ1v) is 11.9. The summed E-state index contributed by atoms with van der Waals surface area (Å²) in [4.78, 5) is 31.9. The number of phenols is 1. The molecule has 1 unspecified atom stereocenters. The lowest BCUT2D eigenvalue weighted by Crippen LogP contribution is -2.29. The van der Waals surface area contributed by atoms with Gasteiger partial charge in [-0.25, -0.2) is 0 Å². The van der Waals surface area contributed by atoms with Gasteiger partial charge in [0.2, 0.25) is 0 Å². The van der Waals surface area contributed by atoms with Gasteiger partial charge in [0.15, 0.2) is 0 Å². The molecule has 1 aliphatic heterocycles. The Morgan fingerprint density at radius 1 is 1.08 bits per heavy atom. The standard InChI is InChI=1S/C28H27ClN2O5/c1-5-36-22-9-6-17(14-19(22)28(2,3)4)25(33)23-24(16-10-12-30-13-11-16)31(27(35)26(23)34)20-15-18(29)7-8-21(20)32/h6-15,24,32-33H,5H2,1-4H3/b25-23-. The summed E-state index contributed by atoms with van der Waals surface area (Å²) in [6.07, 6.45) is 3.06. The largest absolute Gasteiger partial charge is 0.507 e. The van der Waals surface area contributed by atoms with Crippen molar-refractivity contribution in [2.45, 2.75) is 39.2 Å². The Morgan fingerprint density at radius 3 is 2.42 bits per heavy atom. The first-order valence-electron chi connectivity index (χ1n) is 11.5. The number of aliphatic hydroxyl groups excluding tert-OH is 1. The third-order valence-electron chi connectivity index (χ3n) is 6.02. The van der Waals surface area contributed by atoms with Crippen LogP contribution in [0.3, 0.4) is 0 Å². The van der Waals surface area contributed by atoms with E-state index in [-0.39, 0.29) is 33.2 Å². The summed E-state index contributed by atoms with van der Waals surface area (Å²) in [7, 11) is 0. The fourth-order valence-corrected chi connectivity index (χ4v) is 4.50. The molecule has 36 heavy (non-hydrogen) atoms. The number of anilines is 1. The predicted molar refractivity (Wildman–Crippen MR) is 138 cm³/mol. The number of hydrogen-bond acceptors (Lipinski definition) is 6.